The summed E-state index contributed by atoms with van der Waals surface area (Å²) in [5.74, 6) is -15.4. The fourth-order valence-corrected chi connectivity index (χ4v) is 4.15. The van der Waals surface area contributed by atoms with Gasteiger partial charge in [0.2, 0.25) is 15.7 Å². The Kier molecular flexibility index (Phi) is 4.17. The van der Waals surface area contributed by atoms with Crippen LogP contribution in [0.4, 0.5) is 37.5 Å². The molecule has 11 heteroatoms. The summed E-state index contributed by atoms with van der Waals surface area (Å²) in [5, 5.41) is -2.59. The third kappa shape index (κ3) is 3.45. The van der Waals surface area contributed by atoms with Gasteiger partial charge >= 0.3 is 0 Å². The van der Waals surface area contributed by atoms with Crippen LogP contribution in [0.2, 0.25) is 0 Å². The molecule has 0 saturated heterocycles. The van der Waals surface area contributed by atoms with Crippen LogP contribution in [0.25, 0.3) is 5.03 Å². The molecule has 0 aliphatic rings. The highest BCUT2D eigenvalue weighted by Crippen LogP contribution is 3.02. The van der Waals surface area contributed by atoms with Gasteiger partial charge in [-0.15, -0.1) is 15.5 Å². The molecule has 0 saturated carbocycles. The van der Waals surface area contributed by atoms with Crippen molar-refractivity contribution in [2.45, 2.75) is 4.90 Å². The monoisotopic (exact) mass is 412 g/mol. The van der Waals surface area contributed by atoms with Crippen molar-refractivity contribution in [2.75, 3.05) is 0 Å². The van der Waals surface area contributed by atoms with E-state index in [0.29, 0.717) is 0 Å². The highest BCUT2D eigenvalue weighted by Gasteiger charge is 2.67. The largest absolute Gasteiger partial charge is 0.210 e. The van der Waals surface area contributed by atoms with Gasteiger partial charge in [-0.3, -0.25) is 0 Å². The summed E-state index contributed by atoms with van der Waals surface area (Å²) in [6, 6.07) is 5.90. The minimum atomic E-state index is -10.1. The van der Waals surface area contributed by atoms with Gasteiger partial charge in [0.05, 0.1) is 10.4 Å². The van der Waals surface area contributed by atoms with Crippen LogP contribution in [-0.4, -0.2) is 0 Å². The lowest BCUT2D eigenvalue weighted by atomic mass is 10.2. The van der Waals surface area contributed by atoms with Gasteiger partial charge < -0.3 is 0 Å². The number of halogens is 10. The number of hydrogen-bond acceptors (Lipinski definition) is 0. The minimum absolute atomic E-state index is 0.386. The Hall–Kier alpha value is -1.81. The van der Waals surface area contributed by atoms with E-state index in [4.69, 9.17) is 11.6 Å². The quantitative estimate of drug-likeness (QED) is 0.280. The van der Waals surface area contributed by atoms with Crippen LogP contribution in [0.15, 0.2) is 40.6 Å². The van der Waals surface area contributed by atoms with Crippen LogP contribution in [0.3, 0.4) is 0 Å². The van der Waals surface area contributed by atoms with Crippen molar-refractivity contribution < 1.29 is 37.5 Å². The molecule has 0 radical (unpaired) electrons. The van der Waals surface area contributed by atoms with E-state index in [1.165, 1.54) is 18.2 Å². The molecule has 0 heterocycles. The van der Waals surface area contributed by atoms with Crippen molar-refractivity contribution >= 4 is 26.5 Å². The molecule has 0 N–H and O–H groups in total. The zero-order valence-corrected chi connectivity index (χ0v) is 13.2. The number of rotatable bonds is 3. The van der Waals surface area contributed by atoms with E-state index in [9.17, 15) is 37.5 Å². The van der Waals surface area contributed by atoms with Gasteiger partial charge in [-0.2, -0.15) is 0 Å². The van der Waals surface area contributed by atoms with Gasteiger partial charge in [-0.25, -0.2) is 22.0 Å². The summed E-state index contributed by atoms with van der Waals surface area (Å²) >= 11 is 5.36. The van der Waals surface area contributed by atoms with Crippen LogP contribution >= 0.6 is 21.4 Å². The highest BCUT2D eigenvalue weighted by atomic mass is 35.5. The third-order valence-corrected chi connectivity index (χ3v) is 5.36. The van der Waals surface area contributed by atoms with Crippen LogP contribution in [0, 0.1) is 29.1 Å². The second kappa shape index (κ2) is 5.34. The van der Waals surface area contributed by atoms with Crippen LogP contribution < -0.4 is 0 Å². The van der Waals surface area contributed by atoms with E-state index in [0.717, 1.165) is 12.1 Å². The summed E-state index contributed by atoms with van der Waals surface area (Å²) in [4.78, 5) is -3.51. The second-order valence-electron chi connectivity index (χ2n) is 4.86. The first-order valence-corrected chi connectivity index (χ1v) is 8.63. The minimum Gasteiger partial charge on any atom is -0.202 e. The van der Waals surface area contributed by atoms with E-state index < -0.39 is 54.3 Å². The van der Waals surface area contributed by atoms with E-state index in [2.05, 4.69) is 0 Å². The van der Waals surface area contributed by atoms with Crippen molar-refractivity contribution in [1.82, 2.24) is 0 Å². The first-order valence-electron chi connectivity index (χ1n) is 6.14. The van der Waals surface area contributed by atoms with Gasteiger partial charge in [0.25, 0.3) is 0 Å². The first-order chi connectivity index (χ1) is 11.2. The Morgan fingerprint density at radius 2 is 1.12 bits per heavy atom. The van der Waals surface area contributed by atoms with Crippen LogP contribution in [0.5, 0.6) is 0 Å². The van der Waals surface area contributed by atoms with E-state index in [1.54, 1.807) is 0 Å². The Morgan fingerprint density at radius 1 is 0.720 bits per heavy atom. The average molecular weight is 413 g/mol. The molecule has 2 rings (SSSR count). The van der Waals surface area contributed by atoms with Gasteiger partial charge in [-0.05, 0) is 5.56 Å². The fraction of sp³-hybridized carbons (Fsp3) is 0. The maximum Gasteiger partial charge on any atom is 0.210 e. The Bertz CT molecular complexity index is 858. The van der Waals surface area contributed by atoms with Gasteiger partial charge in [0.1, 0.15) is 0 Å². The summed E-state index contributed by atoms with van der Waals surface area (Å²) in [6.07, 6.45) is 0. The molecule has 0 aliphatic heterocycles. The molecule has 0 unspecified atom stereocenters. The van der Waals surface area contributed by atoms with Crippen molar-refractivity contribution in [3.8, 4) is 0 Å². The number of benzene rings is 2. The molecule has 138 valence electrons. The van der Waals surface area contributed by atoms with Crippen molar-refractivity contribution in [2.24, 2.45) is 0 Å². The van der Waals surface area contributed by atoms with Crippen LogP contribution in [0.1, 0.15) is 5.56 Å². The summed E-state index contributed by atoms with van der Waals surface area (Å²) in [7, 11) is -10.1. The molecule has 0 atom stereocenters. The predicted molar refractivity (Wildman–Crippen MR) is 76.8 cm³/mol. The smallest absolute Gasteiger partial charge is 0.202 e. The van der Waals surface area contributed by atoms with E-state index in [-0.39, 0.29) is 5.56 Å². The average Bonchev–Trinajstić information content (AvgIpc) is 2.50. The van der Waals surface area contributed by atoms with Crippen molar-refractivity contribution in [3.05, 3.63) is 70.4 Å². The van der Waals surface area contributed by atoms with E-state index in [1.807, 2.05) is 0 Å². The molecular formula is C14H6ClF9S. The van der Waals surface area contributed by atoms with Crippen molar-refractivity contribution in [1.29, 1.82) is 0 Å². The second-order valence-corrected chi connectivity index (χ2v) is 8.18. The Balaban J connectivity index is 2.87. The molecule has 0 nitrogen and oxygen atoms in total. The van der Waals surface area contributed by atoms with Gasteiger partial charge in [0.15, 0.2) is 28.2 Å². The summed E-state index contributed by atoms with van der Waals surface area (Å²) in [6.45, 7) is 0. The lowest BCUT2D eigenvalue weighted by Gasteiger charge is -2.47. The lowest BCUT2D eigenvalue weighted by Crippen LogP contribution is -2.19. The SMILES string of the molecule is Fc1c(F)c(F)c(S(F)(F)(F)(F)/C=C(/Cl)c2ccccc2)c(F)c1F. The molecule has 0 aliphatic carbocycles. The lowest BCUT2D eigenvalue weighted by molar-refractivity contribution is 0.342. The van der Waals surface area contributed by atoms with Crippen LogP contribution in [-0.2, 0) is 0 Å². The maximum absolute atomic E-state index is 14.2. The third-order valence-electron chi connectivity index (χ3n) is 2.99. The fourth-order valence-electron chi connectivity index (χ4n) is 1.89. The summed E-state index contributed by atoms with van der Waals surface area (Å²) in [5.41, 5.74) is -0.386. The molecular weight excluding hydrogens is 407 g/mol. The number of hydrogen-bond donors (Lipinski definition) is 0. The highest BCUT2D eigenvalue weighted by molar-refractivity contribution is 8.52. The Labute approximate surface area is 139 Å². The molecule has 25 heavy (non-hydrogen) atoms. The normalized spacial score (nSPS) is 15.7. The summed E-state index contributed by atoms with van der Waals surface area (Å²) < 4.78 is 123. The molecule has 0 aromatic heterocycles. The molecule has 0 fully saturated rings. The van der Waals surface area contributed by atoms with Crippen molar-refractivity contribution in [3.63, 3.8) is 0 Å². The predicted octanol–water partition coefficient (Wildman–Crippen LogP) is 7.39. The zero-order valence-electron chi connectivity index (χ0n) is 11.7. The van der Waals surface area contributed by atoms with Gasteiger partial charge in [-0.1, -0.05) is 41.9 Å². The topological polar surface area (TPSA) is 0 Å². The first kappa shape index (κ1) is 19.5. The molecule has 2 aromatic rings. The standard InChI is InChI=1S/C14H6ClF9S/c15-8(7-4-2-1-3-5-7)6-25(21,22,23,24)14-12(19)10(17)9(16)11(18)13(14)20/h1-6H/b8-6+. The molecule has 0 bridgehead atoms. The Morgan fingerprint density at radius 3 is 1.56 bits per heavy atom. The molecule has 0 amide bonds. The molecule has 0 spiro atoms. The van der Waals surface area contributed by atoms with E-state index >= 15 is 0 Å². The molecule has 2 aromatic carbocycles. The maximum atomic E-state index is 14.2. The van der Waals surface area contributed by atoms with Gasteiger partial charge in [0, 0.05) is 0 Å². The zero-order chi connectivity index (χ0) is 19.3.